The fourth-order valence-corrected chi connectivity index (χ4v) is 5.21. The van der Waals surface area contributed by atoms with Crippen LogP contribution >= 0.6 is 0 Å². The van der Waals surface area contributed by atoms with Crippen LogP contribution < -0.4 is 5.32 Å². The van der Waals surface area contributed by atoms with E-state index in [1.165, 1.54) is 6.42 Å². The fourth-order valence-electron chi connectivity index (χ4n) is 5.21. The monoisotopic (exact) mass is 340 g/mol. The molecule has 2 amide bonds. The van der Waals surface area contributed by atoms with Crippen LogP contribution in [-0.2, 0) is 15.0 Å². The van der Waals surface area contributed by atoms with E-state index in [0.717, 1.165) is 63.6 Å². The third-order valence-corrected chi connectivity index (χ3v) is 6.68. The smallest absolute Gasteiger partial charge is 0.233 e. The summed E-state index contributed by atoms with van der Waals surface area (Å²) in [5.41, 5.74) is 0.449. The molecule has 4 rings (SSSR count). The molecule has 0 radical (unpaired) electrons. The Kier molecular flexibility index (Phi) is 4.30. The van der Waals surface area contributed by atoms with E-state index in [1.54, 1.807) is 0 Å². The summed E-state index contributed by atoms with van der Waals surface area (Å²) < 4.78 is 0. The minimum absolute atomic E-state index is 0.159. The van der Waals surface area contributed by atoms with Crippen molar-refractivity contribution in [2.75, 3.05) is 19.6 Å². The molecule has 0 unspecified atom stereocenters. The highest BCUT2D eigenvalue weighted by molar-refractivity contribution is 5.91. The van der Waals surface area contributed by atoms with Crippen LogP contribution in [0.25, 0.3) is 0 Å². The van der Waals surface area contributed by atoms with E-state index in [0.29, 0.717) is 6.54 Å². The van der Waals surface area contributed by atoms with Crippen LogP contribution in [0.4, 0.5) is 0 Å². The van der Waals surface area contributed by atoms with Crippen molar-refractivity contribution in [3.8, 4) is 0 Å². The van der Waals surface area contributed by atoms with Crippen molar-refractivity contribution in [3.05, 3.63) is 35.9 Å². The molecule has 1 atom stereocenters. The van der Waals surface area contributed by atoms with E-state index in [-0.39, 0.29) is 22.6 Å². The van der Waals surface area contributed by atoms with Gasteiger partial charge < -0.3 is 10.2 Å². The second kappa shape index (κ2) is 6.47. The normalized spacial score (nSPS) is 28.8. The Balaban J connectivity index is 1.61. The van der Waals surface area contributed by atoms with Crippen LogP contribution in [0.3, 0.4) is 0 Å². The summed E-state index contributed by atoms with van der Waals surface area (Å²) in [6.07, 6.45) is 8.07. The lowest BCUT2D eigenvalue weighted by Gasteiger charge is -2.40. The van der Waals surface area contributed by atoms with Crippen molar-refractivity contribution in [2.45, 2.75) is 56.8 Å². The molecule has 1 aromatic rings. The van der Waals surface area contributed by atoms with Gasteiger partial charge in [-0.3, -0.25) is 9.59 Å². The van der Waals surface area contributed by atoms with Crippen molar-refractivity contribution in [2.24, 2.45) is 5.41 Å². The number of nitrogens with one attached hydrogen (secondary N) is 1. The first-order valence-corrected chi connectivity index (χ1v) is 9.80. The predicted molar refractivity (Wildman–Crippen MR) is 97.1 cm³/mol. The topological polar surface area (TPSA) is 49.4 Å². The first kappa shape index (κ1) is 16.6. The van der Waals surface area contributed by atoms with E-state index >= 15 is 0 Å². The minimum atomic E-state index is -0.379. The lowest BCUT2D eigenvalue weighted by molar-refractivity contribution is -0.139. The molecule has 1 saturated carbocycles. The maximum absolute atomic E-state index is 13.6. The molecular formula is C21H28N2O2. The number of likely N-dealkylation sites (tertiary alicyclic amines) is 1. The van der Waals surface area contributed by atoms with E-state index in [2.05, 4.69) is 17.4 Å². The summed E-state index contributed by atoms with van der Waals surface area (Å²) in [4.78, 5) is 28.1. The summed E-state index contributed by atoms with van der Waals surface area (Å²) in [5, 5.41) is 3.02. The number of nitrogens with zero attached hydrogens (tertiary/aromatic N) is 1. The van der Waals surface area contributed by atoms with Gasteiger partial charge >= 0.3 is 0 Å². The van der Waals surface area contributed by atoms with Gasteiger partial charge in [0.05, 0.1) is 10.8 Å². The van der Waals surface area contributed by atoms with Gasteiger partial charge in [-0.25, -0.2) is 0 Å². The summed E-state index contributed by atoms with van der Waals surface area (Å²) >= 11 is 0. The van der Waals surface area contributed by atoms with Crippen LogP contribution in [0, 0.1) is 5.41 Å². The molecule has 25 heavy (non-hydrogen) atoms. The van der Waals surface area contributed by atoms with Gasteiger partial charge in [-0.1, -0.05) is 49.6 Å². The molecule has 3 aliphatic rings. The number of hydrogen-bond acceptors (Lipinski definition) is 2. The Morgan fingerprint density at radius 3 is 2.44 bits per heavy atom. The van der Waals surface area contributed by atoms with Gasteiger partial charge in [0.15, 0.2) is 0 Å². The van der Waals surface area contributed by atoms with Crippen LogP contribution in [0.1, 0.15) is 56.9 Å². The van der Waals surface area contributed by atoms with Crippen LogP contribution in [0.15, 0.2) is 30.3 Å². The molecule has 2 aliphatic heterocycles. The van der Waals surface area contributed by atoms with Gasteiger partial charge in [0.2, 0.25) is 11.8 Å². The quantitative estimate of drug-likeness (QED) is 0.900. The molecule has 3 fully saturated rings. The van der Waals surface area contributed by atoms with Crippen LogP contribution in [-0.4, -0.2) is 36.3 Å². The molecule has 4 nitrogen and oxygen atoms in total. The van der Waals surface area contributed by atoms with E-state index < -0.39 is 0 Å². The highest BCUT2D eigenvalue weighted by Crippen LogP contribution is 2.44. The Bertz CT molecular complexity index is 651. The lowest BCUT2D eigenvalue weighted by atomic mass is 9.68. The Hall–Kier alpha value is -1.84. The van der Waals surface area contributed by atoms with Gasteiger partial charge in [0, 0.05) is 19.6 Å². The summed E-state index contributed by atoms with van der Waals surface area (Å²) in [5.74, 6) is 0.417. The first-order valence-electron chi connectivity index (χ1n) is 9.80. The summed E-state index contributed by atoms with van der Waals surface area (Å²) in [7, 11) is 0. The molecule has 1 aliphatic carbocycles. The van der Waals surface area contributed by atoms with E-state index in [1.807, 2.05) is 23.1 Å². The zero-order valence-corrected chi connectivity index (χ0v) is 14.9. The number of hydrogen-bond donors (Lipinski definition) is 1. The molecule has 2 saturated heterocycles. The van der Waals surface area contributed by atoms with Crippen molar-refractivity contribution in [1.29, 1.82) is 0 Å². The van der Waals surface area contributed by atoms with Crippen LogP contribution in [0.5, 0.6) is 0 Å². The maximum Gasteiger partial charge on any atom is 0.233 e. The fraction of sp³-hybridized carbons (Fsp3) is 0.619. The van der Waals surface area contributed by atoms with Crippen molar-refractivity contribution in [1.82, 2.24) is 10.2 Å². The molecule has 134 valence electrons. The van der Waals surface area contributed by atoms with Gasteiger partial charge in [-0.05, 0) is 37.7 Å². The van der Waals surface area contributed by atoms with Gasteiger partial charge in [-0.15, -0.1) is 0 Å². The SMILES string of the molecule is O=C(N1CC[C@]2(CCCNC2=O)C1)C1(c2ccccc2)CCCCC1. The highest BCUT2D eigenvalue weighted by Gasteiger charge is 2.51. The summed E-state index contributed by atoms with van der Waals surface area (Å²) in [6, 6.07) is 10.3. The van der Waals surface area contributed by atoms with Crippen molar-refractivity contribution < 1.29 is 9.59 Å². The highest BCUT2D eigenvalue weighted by atomic mass is 16.2. The lowest BCUT2D eigenvalue weighted by Crippen LogP contribution is -2.51. The number of piperidine rings is 1. The maximum atomic E-state index is 13.6. The molecule has 2 heterocycles. The second-order valence-electron chi connectivity index (χ2n) is 8.13. The Morgan fingerprint density at radius 2 is 1.72 bits per heavy atom. The minimum Gasteiger partial charge on any atom is -0.356 e. The second-order valence-corrected chi connectivity index (χ2v) is 8.13. The molecule has 4 heteroatoms. The van der Waals surface area contributed by atoms with Gasteiger partial charge in [0.1, 0.15) is 0 Å². The molecule has 0 aromatic heterocycles. The number of rotatable bonds is 2. The Morgan fingerprint density at radius 1 is 0.960 bits per heavy atom. The van der Waals surface area contributed by atoms with Crippen molar-refractivity contribution >= 4 is 11.8 Å². The van der Waals surface area contributed by atoms with Gasteiger partial charge in [0.25, 0.3) is 0 Å². The van der Waals surface area contributed by atoms with Crippen molar-refractivity contribution in [3.63, 3.8) is 0 Å². The van der Waals surface area contributed by atoms with E-state index in [9.17, 15) is 9.59 Å². The third-order valence-electron chi connectivity index (χ3n) is 6.68. The number of amides is 2. The van der Waals surface area contributed by atoms with E-state index in [4.69, 9.17) is 0 Å². The van der Waals surface area contributed by atoms with Gasteiger partial charge in [-0.2, -0.15) is 0 Å². The zero-order valence-electron chi connectivity index (χ0n) is 14.9. The largest absolute Gasteiger partial charge is 0.356 e. The zero-order chi connectivity index (χ0) is 17.3. The number of carbonyl (C=O) groups excluding carboxylic acids is 2. The molecule has 1 spiro atoms. The number of benzene rings is 1. The third kappa shape index (κ3) is 2.76. The molecular weight excluding hydrogens is 312 g/mol. The number of carbonyl (C=O) groups is 2. The molecule has 1 aromatic carbocycles. The Labute approximate surface area is 150 Å². The predicted octanol–water partition coefficient (Wildman–Crippen LogP) is 3.02. The molecule has 0 bridgehead atoms. The molecule has 1 N–H and O–H groups in total. The summed E-state index contributed by atoms with van der Waals surface area (Å²) in [6.45, 7) is 2.11. The average Bonchev–Trinajstić information content (AvgIpc) is 3.10. The standard InChI is InChI=1S/C21H28N2O2/c24-18-20(10-7-14-22-18)13-15-23(16-20)19(25)21(11-5-2-6-12-21)17-8-3-1-4-9-17/h1,3-4,8-9H,2,5-7,10-16H2,(H,22,24)/t20-/m1/s1. The first-order chi connectivity index (χ1) is 12.2. The van der Waals surface area contributed by atoms with Crippen LogP contribution in [0.2, 0.25) is 0 Å². The average molecular weight is 340 g/mol.